The Hall–Kier alpha value is -2.37. The minimum Gasteiger partial charge on any atom is -0.420 e. The van der Waals surface area contributed by atoms with Gasteiger partial charge in [-0.15, -0.1) is 0 Å². The van der Waals surface area contributed by atoms with Crippen molar-refractivity contribution in [1.29, 1.82) is 0 Å². The van der Waals surface area contributed by atoms with Gasteiger partial charge in [-0.05, 0) is 12.1 Å². The minimum atomic E-state index is -0.585. The predicted molar refractivity (Wildman–Crippen MR) is 52.2 cm³/mol. The molecule has 2 rings (SSSR count). The van der Waals surface area contributed by atoms with E-state index in [0.717, 1.165) is 0 Å². The van der Waals surface area contributed by atoms with Crippen LogP contribution in [0.5, 0.6) is 5.75 Å². The number of hydrogen-bond donors (Lipinski definition) is 2. The van der Waals surface area contributed by atoms with E-state index in [4.69, 9.17) is 10.5 Å². The van der Waals surface area contributed by atoms with Gasteiger partial charge in [-0.2, -0.15) is 0 Å². The van der Waals surface area contributed by atoms with Crippen molar-refractivity contribution in [3.05, 3.63) is 36.5 Å². The van der Waals surface area contributed by atoms with Crippen LogP contribution in [0.1, 0.15) is 10.5 Å². The number of aromatic amines is 1. The third-order valence-electron chi connectivity index (χ3n) is 1.72. The second-order valence-corrected chi connectivity index (χ2v) is 2.74. The molecule has 0 radical (unpaired) electrons. The van der Waals surface area contributed by atoms with Crippen molar-refractivity contribution in [3.63, 3.8) is 0 Å². The number of carbonyl (C=O) groups excluding carboxylic acids is 1. The van der Waals surface area contributed by atoms with Crippen LogP contribution in [0.2, 0.25) is 0 Å². The number of ether oxygens (including phenoxy) is 1. The lowest BCUT2D eigenvalue weighted by molar-refractivity contribution is 0.0730. The number of pyridine rings is 1. The molecule has 6 heteroatoms. The van der Waals surface area contributed by atoms with E-state index in [0.29, 0.717) is 5.75 Å². The maximum absolute atomic E-state index is 11.5. The third-order valence-corrected chi connectivity index (χ3v) is 1.72. The Morgan fingerprint density at radius 2 is 2.40 bits per heavy atom. The highest BCUT2D eigenvalue weighted by molar-refractivity contribution is 5.93. The lowest BCUT2D eigenvalue weighted by atomic mass is 10.4. The van der Waals surface area contributed by atoms with Crippen LogP contribution < -0.4 is 10.5 Å². The number of nitrogens with two attached hydrogens (primary N) is 1. The van der Waals surface area contributed by atoms with E-state index in [1.807, 2.05) is 0 Å². The number of H-pyrrole nitrogens is 1. The first-order valence-corrected chi connectivity index (χ1v) is 4.18. The maximum Gasteiger partial charge on any atom is 0.364 e. The van der Waals surface area contributed by atoms with Gasteiger partial charge >= 0.3 is 5.97 Å². The van der Waals surface area contributed by atoms with Crippen LogP contribution in [0, 0.1) is 0 Å². The summed E-state index contributed by atoms with van der Waals surface area (Å²) in [7, 11) is 0. The number of nitrogens with zero attached hydrogens (tertiary/aromatic N) is 2. The molecule has 2 aromatic heterocycles. The van der Waals surface area contributed by atoms with Crippen molar-refractivity contribution in [2.45, 2.75) is 0 Å². The van der Waals surface area contributed by atoms with E-state index >= 15 is 0 Å². The molecule has 2 aromatic rings. The lowest BCUT2D eigenvalue weighted by Crippen LogP contribution is -2.11. The summed E-state index contributed by atoms with van der Waals surface area (Å²) in [6.07, 6.45) is 4.35. The minimum absolute atomic E-state index is 0.115. The van der Waals surface area contributed by atoms with Gasteiger partial charge in [0.2, 0.25) is 0 Å². The van der Waals surface area contributed by atoms with Crippen LogP contribution in [-0.2, 0) is 0 Å². The topological polar surface area (TPSA) is 93.9 Å². The predicted octanol–water partition coefficient (Wildman–Crippen LogP) is 0.606. The molecular formula is C9H8N4O2. The van der Waals surface area contributed by atoms with Crippen molar-refractivity contribution < 1.29 is 9.53 Å². The molecule has 0 aliphatic heterocycles. The van der Waals surface area contributed by atoms with E-state index in [2.05, 4.69) is 15.0 Å². The van der Waals surface area contributed by atoms with E-state index < -0.39 is 5.97 Å². The number of nitrogens with one attached hydrogen (secondary N) is 1. The molecule has 3 N–H and O–H groups in total. The molecule has 0 saturated heterocycles. The Bertz CT molecular complexity index is 466. The van der Waals surface area contributed by atoms with Crippen LogP contribution >= 0.6 is 0 Å². The highest BCUT2D eigenvalue weighted by Crippen LogP contribution is 2.11. The fourth-order valence-electron chi connectivity index (χ4n) is 1.03. The second-order valence-electron chi connectivity index (χ2n) is 2.74. The van der Waals surface area contributed by atoms with Crippen LogP contribution in [-0.4, -0.2) is 20.9 Å². The van der Waals surface area contributed by atoms with Gasteiger partial charge in [0.15, 0.2) is 11.5 Å². The number of hydrogen-bond acceptors (Lipinski definition) is 5. The smallest absolute Gasteiger partial charge is 0.364 e. The third kappa shape index (κ3) is 1.93. The largest absolute Gasteiger partial charge is 0.420 e. The zero-order valence-electron chi connectivity index (χ0n) is 7.68. The van der Waals surface area contributed by atoms with E-state index in [1.165, 1.54) is 12.5 Å². The molecule has 0 spiro atoms. The summed E-state index contributed by atoms with van der Waals surface area (Å²) >= 11 is 0. The van der Waals surface area contributed by atoms with E-state index in [1.54, 1.807) is 18.3 Å². The molecule has 0 bridgehead atoms. The Kier molecular flexibility index (Phi) is 2.32. The molecule has 0 saturated carbocycles. The molecule has 0 aliphatic rings. The Morgan fingerprint density at radius 1 is 1.53 bits per heavy atom. The highest BCUT2D eigenvalue weighted by Gasteiger charge is 2.14. The summed E-state index contributed by atoms with van der Waals surface area (Å²) in [5, 5.41) is 0. The highest BCUT2D eigenvalue weighted by atomic mass is 16.5. The lowest BCUT2D eigenvalue weighted by Gasteiger charge is -2.01. The van der Waals surface area contributed by atoms with Gasteiger partial charge in [0, 0.05) is 6.20 Å². The van der Waals surface area contributed by atoms with Crippen molar-refractivity contribution in [2.75, 3.05) is 5.73 Å². The fourth-order valence-corrected chi connectivity index (χ4v) is 1.03. The second kappa shape index (κ2) is 3.79. The number of aromatic nitrogens is 3. The van der Waals surface area contributed by atoms with Gasteiger partial charge < -0.3 is 15.5 Å². The molecule has 0 unspecified atom stereocenters. The van der Waals surface area contributed by atoms with E-state index in [9.17, 15) is 4.79 Å². The Balaban J connectivity index is 2.15. The van der Waals surface area contributed by atoms with Gasteiger partial charge in [-0.3, -0.25) is 4.98 Å². The Labute approximate surface area is 85.1 Å². The Morgan fingerprint density at radius 3 is 3.00 bits per heavy atom. The first kappa shape index (κ1) is 9.20. The van der Waals surface area contributed by atoms with Crippen LogP contribution in [0.25, 0.3) is 0 Å². The average molecular weight is 204 g/mol. The first-order valence-electron chi connectivity index (χ1n) is 4.18. The standard InChI is InChI=1S/C9H8N4O2/c10-8-7(12-5-13-8)9(14)15-6-2-1-3-11-4-6/h1-5H,10H2,(H,12,13). The summed E-state index contributed by atoms with van der Waals surface area (Å²) in [6, 6.07) is 3.29. The van der Waals surface area contributed by atoms with Crippen molar-refractivity contribution in [2.24, 2.45) is 0 Å². The molecule has 0 atom stereocenters. The number of rotatable bonds is 2. The summed E-state index contributed by atoms with van der Waals surface area (Å²) in [5.41, 5.74) is 5.57. The zero-order chi connectivity index (χ0) is 10.7. The monoisotopic (exact) mass is 204 g/mol. The molecule has 0 amide bonds. The molecule has 0 fully saturated rings. The summed E-state index contributed by atoms with van der Waals surface area (Å²) in [4.78, 5) is 21.6. The van der Waals surface area contributed by atoms with Crippen molar-refractivity contribution in [3.8, 4) is 5.75 Å². The summed E-state index contributed by atoms with van der Waals surface area (Å²) in [6.45, 7) is 0. The molecule has 0 aliphatic carbocycles. The number of nitrogen functional groups attached to an aromatic ring is 1. The fraction of sp³-hybridized carbons (Fsp3) is 0. The molecular weight excluding hydrogens is 196 g/mol. The normalized spacial score (nSPS) is 9.87. The van der Waals surface area contributed by atoms with Crippen molar-refractivity contribution in [1.82, 2.24) is 15.0 Å². The van der Waals surface area contributed by atoms with Gasteiger partial charge in [-0.25, -0.2) is 9.78 Å². The first-order chi connectivity index (χ1) is 7.27. The van der Waals surface area contributed by atoms with Crippen LogP contribution in [0.15, 0.2) is 30.9 Å². The maximum atomic E-state index is 11.5. The molecule has 0 aromatic carbocycles. The SMILES string of the molecule is Nc1nc[nH]c1C(=O)Oc1cccnc1. The average Bonchev–Trinajstić information content (AvgIpc) is 2.66. The number of esters is 1. The van der Waals surface area contributed by atoms with Gasteiger partial charge in [0.05, 0.1) is 12.5 Å². The molecule has 15 heavy (non-hydrogen) atoms. The zero-order valence-corrected chi connectivity index (χ0v) is 7.68. The van der Waals surface area contributed by atoms with Gasteiger partial charge in [0.1, 0.15) is 5.75 Å². The molecule has 2 heterocycles. The number of carbonyl (C=O) groups is 1. The van der Waals surface area contributed by atoms with E-state index in [-0.39, 0.29) is 11.5 Å². The van der Waals surface area contributed by atoms with Gasteiger partial charge in [-0.1, -0.05) is 0 Å². The molecule has 76 valence electrons. The number of imidazole rings is 1. The van der Waals surface area contributed by atoms with Crippen LogP contribution in [0.4, 0.5) is 5.82 Å². The number of anilines is 1. The summed E-state index contributed by atoms with van der Waals surface area (Å²) in [5.74, 6) is -0.113. The van der Waals surface area contributed by atoms with Crippen LogP contribution in [0.3, 0.4) is 0 Å². The molecule has 6 nitrogen and oxygen atoms in total. The van der Waals surface area contributed by atoms with Gasteiger partial charge in [0.25, 0.3) is 0 Å². The quantitative estimate of drug-likeness (QED) is 0.699. The van der Waals surface area contributed by atoms with Crippen molar-refractivity contribution >= 4 is 11.8 Å². The summed E-state index contributed by atoms with van der Waals surface area (Å²) < 4.78 is 4.99.